The fourth-order valence-corrected chi connectivity index (χ4v) is 2.16. The summed E-state index contributed by atoms with van der Waals surface area (Å²) in [5, 5.41) is 8.93. The van der Waals surface area contributed by atoms with Crippen LogP contribution in [0.4, 0.5) is 5.69 Å². The minimum atomic E-state index is -0.151. The monoisotopic (exact) mass is 254 g/mol. The molecule has 5 heteroatoms. The van der Waals surface area contributed by atoms with Crippen molar-refractivity contribution in [3.05, 3.63) is 28.8 Å². The number of hydrogen-bond donors (Lipinski definition) is 0. The number of carbonyl (C=O) groups is 1. The number of halogens is 2. The van der Waals surface area contributed by atoms with E-state index in [1.807, 2.05) is 6.07 Å². The molecule has 1 saturated heterocycles. The van der Waals surface area contributed by atoms with Gasteiger partial charge >= 0.3 is 0 Å². The van der Waals surface area contributed by atoms with Gasteiger partial charge in [0.1, 0.15) is 6.07 Å². The summed E-state index contributed by atoms with van der Waals surface area (Å²) in [6.45, 7) is 0.489. The molecule has 0 N–H and O–H groups in total. The van der Waals surface area contributed by atoms with Crippen molar-refractivity contribution < 1.29 is 4.79 Å². The highest BCUT2D eigenvalue weighted by Gasteiger charge is 2.29. The molecule has 1 amide bonds. The van der Waals surface area contributed by atoms with Crippen molar-refractivity contribution in [2.24, 2.45) is 0 Å². The van der Waals surface area contributed by atoms with Crippen molar-refractivity contribution >= 4 is 34.8 Å². The number of rotatable bonds is 1. The Morgan fingerprint density at radius 3 is 2.75 bits per heavy atom. The van der Waals surface area contributed by atoms with Gasteiger partial charge in [0.25, 0.3) is 0 Å². The van der Waals surface area contributed by atoms with Crippen molar-refractivity contribution in [3.8, 4) is 6.07 Å². The number of anilines is 1. The first kappa shape index (κ1) is 11.3. The molecule has 0 saturated carbocycles. The van der Waals surface area contributed by atoms with E-state index >= 15 is 0 Å². The molecule has 0 spiro atoms. The summed E-state index contributed by atoms with van der Waals surface area (Å²) >= 11 is 11.8. The van der Waals surface area contributed by atoms with Gasteiger partial charge < -0.3 is 4.90 Å². The first-order valence-corrected chi connectivity index (χ1v) is 5.57. The van der Waals surface area contributed by atoms with Crippen molar-refractivity contribution in [1.82, 2.24) is 0 Å². The summed E-state index contributed by atoms with van der Waals surface area (Å²) in [5.41, 5.74) is 1.09. The van der Waals surface area contributed by atoms with Crippen LogP contribution in [0.15, 0.2) is 18.2 Å². The third-order valence-electron chi connectivity index (χ3n) is 2.46. The van der Waals surface area contributed by atoms with Crippen LogP contribution in [0.2, 0.25) is 5.02 Å². The molecule has 1 heterocycles. The zero-order chi connectivity index (χ0) is 11.7. The molecule has 1 fully saturated rings. The summed E-state index contributed by atoms with van der Waals surface area (Å²) in [4.78, 5) is 13.2. The molecule has 82 valence electrons. The molecule has 2 rings (SSSR count). The smallest absolute Gasteiger partial charge is 0.228 e. The zero-order valence-corrected chi connectivity index (χ0v) is 9.79. The van der Waals surface area contributed by atoms with Gasteiger partial charge in [-0.2, -0.15) is 5.26 Å². The van der Waals surface area contributed by atoms with Crippen molar-refractivity contribution in [1.29, 1.82) is 5.26 Å². The van der Waals surface area contributed by atoms with Crippen molar-refractivity contribution in [3.63, 3.8) is 0 Å². The second kappa shape index (κ2) is 4.32. The normalized spacial score (nSPS) is 19.9. The highest BCUT2D eigenvalue weighted by molar-refractivity contribution is 6.32. The van der Waals surface area contributed by atoms with Crippen LogP contribution in [0, 0.1) is 11.3 Å². The van der Waals surface area contributed by atoms with Gasteiger partial charge in [-0.25, -0.2) is 0 Å². The Morgan fingerprint density at radius 1 is 1.50 bits per heavy atom. The maximum absolute atomic E-state index is 11.6. The van der Waals surface area contributed by atoms with Gasteiger partial charge in [-0.15, -0.1) is 11.6 Å². The molecule has 3 nitrogen and oxygen atoms in total. The summed E-state index contributed by atoms with van der Waals surface area (Å²) < 4.78 is 0. The third kappa shape index (κ3) is 1.99. The van der Waals surface area contributed by atoms with E-state index in [2.05, 4.69) is 0 Å². The lowest BCUT2D eigenvalue weighted by molar-refractivity contribution is -0.117. The molecule has 1 aromatic carbocycles. The van der Waals surface area contributed by atoms with Crippen LogP contribution < -0.4 is 4.90 Å². The largest absolute Gasteiger partial charge is 0.311 e. The average Bonchev–Trinajstić information content (AvgIpc) is 2.58. The maximum atomic E-state index is 11.6. The molecular formula is C11H8Cl2N2O. The van der Waals surface area contributed by atoms with Gasteiger partial charge in [0.2, 0.25) is 5.91 Å². The molecule has 1 unspecified atom stereocenters. The minimum Gasteiger partial charge on any atom is -0.311 e. The summed E-state index contributed by atoms with van der Waals surface area (Å²) in [6.07, 6.45) is 0.346. The minimum absolute atomic E-state index is 0.0132. The van der Waals surface area contributed by atoms with E-state index in [4.69, 9.17) is 28.5 Å². The SMILES string of the molecule is N#Cc1ccc(N2CC(Cl)CC2=O)cc1Cl. The molecule has 16 heavy (non-hydrogen) atoms. The quantitative estimate of drug-likeness (QED) is 0.724. The first-order valence-electron chi connectivity index (χ1n) is 4.76. The molecule has 0 bridgehead atoms. The van der Waals surface area contributed by atoms with Crippen LogP contribution in [0.3, 0.4) is 0 Å². The number of carbonyl (C=O) groups excluding carboxylic acids is 1. The first-order chi connectivity index (χ1) is 7.61. The van der Waals surface area contributed by atoms with Crippen LogP contribution >= 0.6 is 23.2 Å². The number of hydrogen-bond acceptors (Lipinski definition) is 2. The van der Waals surface area contributed by atoms with Crippen LogP contribution in [-0.2, 0) is 4.79 Å². The summed E-state index contributed by atoms with van der Waals surface area (Å²) in [5.74, 6) is -0.0132. The molecule has 1 aliphatic heterocycles. The average molecular weight is 255 g/mol. The highest BCUT2D eigenvalue weighted by atomic mass is 35.5. The van der Waals surface area contributed by atoms with Gasteiger partial charge in [-0.05, 0) is 18.2 Å². The lowest BCUT2D eigenvalue weighted by Crippen LogP contribution is -2.24. The van der Waals surface area contributed by atoms with Crippen LogP contribution in [0.5, 0.6) is 0 Å². The molecular weight excluding hydrogens is 247 g/mol. The van der Waals surface area contributed by atoms with Gasteiger partial charge in [-0.1, -0.05) is 11.6 Å². The van der Waals surface area contributed by atoms with E-state index in [-0.39, 0.29) is 11.3 Å². The van der Waals surface area contributed by atoms with Crippen molar-refractivity contribution in [2.75, 3.05) is 11.4 Å². The van der Waals surface area contributed by atoms with Gasteiger partial charge in [0.15, 0.2) is 0 Å². The summed E-state index contributed by atoms with van der Waals surface area (Å²) in [7, 11) is 0. The number of benzene rings is 1. The van der Waals surface area contributed by atoms with E-state index in [0.717, 1.165) is 0 Å². The Kier molecular flexibility index (Phi) is 3.04. The molecule has 0 aliphatic carbocycles. The number of alkyl halides is 1. The van der Waals surface area contributed by atoms with E-state index in [9.17, 15) is 4.79 Å². The zero-order valence-electron chi connectivity index (χ0n) is 8.28. The molecule has 1 aliphatic rings. The second-order valence-corrected chi connectivity index (χ2v) is 4.61. The molecule has 0 aromatic heterocycles. The second-order valence-electron chi connectivity index (χ2n) is 3.58. The number of amides is 1. The standard InChI is InChI=1S/C11H8Cl2N2O/c12-8-3-11(16)15(6-8)9-2-1-7(5-14)10(13)4-9/h1-2,4,8H,3,6H2. The number of nitrogens with zero attached hydrogens (tertiary/aromatic N) is 2. The Labute approximate surface area is 103 Å². The number of nitriles is 1. The Hall–Kier alpha value is -1.24. The van der Waals surface area contributed by atoms with Crippen LogP contribution in [-0.4, -0.2) is 17.8 Å². The van der Waals surface area contributed by atoms with E-state index in [1.165, 1.54) is 0 Å². The summed E-state index contributed by atoms with van der Waals surface area (Å²) in [6, 6.07) is 6.90. The Bertz CT molecular complexity index is 481. The lowest BCUT2D eigenvalue weighted by atomic mass is 10.2. The topological polar surface area (TPSA) is 44.1 Å². The van der Waals surface area contributed by atoms with E-state index < -0.39 is 0 Å². The van der Waals surface area contributed by atoms with E-state index in [1.54, 1.807) is 23.1 Å². The predicted molar refractivity (Wildman–Crippen MR) is 62.8 cm³/mol. The third-order valence-corrected chi connectivity index (χ3v) is 3.07. The van der Waals surface area contributed by atoms with Crippen molar-refractivity contribution in [2.45, 2.75) is 11.8 Å². The van der Waals surface area contributed by atoms with Gasteiger partial charge in [-0.3, -0.25) is 4.79 Å². The highest BCUT2D eigenvalue weighted by Crippen LogP contribution is 2.28. The molecule has 1 atom stereocenters. The van der Waals surface area contributed by atoms with Crippen LogP contribution in [0.25, 0.3) is 0 Å². The Morgan fingerprint density at radius 2 is 2.25 bits per heavy atom. The fraction of sp³-hybridized carbons (Fsp3) is 0.273. The van der Waals surface area contributed by atoms with E-state index in [0.29, 0.717) is 29.2 Å². The fourth-order valence-electron chi connectivity index (χ4n) is 1.68. The molecule has 1 aromatic rings. The van der Waals surface area contributed by atoms with Gasteiger partial charge in [0.05, 0.1) is 16.0 Å². The van der Waals surface area contributed by atoms with Gasteiger partial charge in [0, 0.05) is 18.7 Å². The lowest BCUT2D eigenvalue weighted by Gasteiger charge is -2.16. The predicted octanol–water partition coefficient (Wildman–Crippen LogP) is 2.56. The van der Waals surface area contributed by atoms with Crippen LogP contribution in [0.1, 0.15) is 12.0 Å². The molecule has 0 radical (unpaired) electrons. The Balaban J connectivity index is 2.32. The maximum Gasteiger partial charge on any atom is 0.228 e.